The van der Waals surface area contributed by atoms with Crippen molar-refractivity contribution in [2.24, 2.45) is 0 Å². The number of hydrogen-bond donors (Lipinski definition) is 2. The highest BCUT2D eigenvalue weighted by atomic mass is 32.2. The third-order valence-electron chi connectivity index (χ3n) is 4.16. The number of pyridine rings is 1. The number of carbonyl (C=O) groups excluding carboxylic acids is 1. The molecule has 0 atom stereocenters. The van der Waals surface area contributed by atoms with E-state index in [4.69, 9.17) is 0 Å². The lowest BCUT2D eigenvalue weighted by Crippen LogP contribution is -2.41. The van der Waals surface area contributed by atoms with E-state index < -0.39 is 15.9 Å². The summed E-state index contributed by atoms with van der Waals surface area (Å²) in [6, 6.07) is 17.2. The molecule has 0 aliphatic carbocycles. The van der Waals surface area contributed by atoms with Crippen molar-refractivity contribution in [3.8, 4) is 0 Å². The van der Waals surface area contributed by atoms with Gasteiger partial charge in [0.25, 0.3) is 15.9 Å². The maximum absolute atomic E-state index is 12.4. The molecular weight excluding hydrogens is 362 g/mol. The second-order valence-electron chi connectivity index (χ2n) is 7.22. The van der Waals surface area contributed by atoms with E-state index in [9.17, 15) is 13.2 Å². The molecule has 0 radical (unpaired) electrons. The lowest BCUT2D eigenvalue weighted by molar-refractivity contribution is 0.0940. The highest BCUT2D eigenvalue weighted by molar-refractivity contribution is 7.89. The van der Waals surface area contributed by atoms with Crippen molar-refractivity contribution in [2.75, 3.05) is 0 Å². The summed E-state index contributed by atoms with van der Waals surface area (Å²) < 4.78 is 24.8. The van der Waals surface area contributed by atoms with E-state index in [1.807, 2.05) is 39.0 Å². The molecule has 1 amide bonds. The summed E-state index contributed by atoms with van der Waals surface area (Å²) in [5.74, 6) is -0.629. The van der Waals surface area contributed by atoms with Gasteiger partial charge in [0.05, 0.1) is 10.4 Å². The van der Waals surface area contributed by atoms with Crippen molar-refractivity contribution in [3.63, 3.8) is 0 Å². The summed E-state index contributed by atoms with van der Waals surface area (Å²) in [7, 11) is -3.88. The zero-order chi connectivity index (χ0) is 19.7. The second kappa shape index (κ2) is 7.09. The number of carbonyl (C=O) groups is 1. The van der Waals surface area contributed by atoms with Gasteiger partial charge < -0.3 is 0 Å². The van der Waals surface area contributed by atoms with Crippen LogP contribution in [0.3, 0.4) is 0 Å². The Morgan fingerprint density at radius 2 is 1.59 bits per heavy atom. The molecule has 27 heavy (non-hydrogen) atoms. The highest BCUT2D eigenvalue weighted by Gasteiger charge is 2.19. The topological polar surface area (TPSA) is 88.2 Å². The summed E-state index contributed by atoms with van der Waals surface area (Å²) >= 11 is 0. The fourth-order valence-electron chi connectivity index (χ4n) is 2.56. The number of sulfonamides is 1. The van der Waals surface area contributed by atoms with Gasteiger partial charge in [-0.2, -0.15) is 0 Å². The van der Waals surface area contributed by atoms with Crippen LogP contribution in [0.2, 0.25) is 0 Å². The van der Waals surface area contributed by atoms with Crippen LogP contribution in [0.25, 0.3) is 10.9 Å². The zero-order valence-electron chi connectivity index (χ0n) is 15.4. The first-order chi connectivity index (χ1) is 12.7. The molecule has 0 unspecified atom stereocenters. The van der Waals surface area contributed by atoms with Gasteiger partial charge in [0, 0.05) is 5.39 Å². The Kier molecular flexibility index (Phi) is 4.99. The lowest BCUT2D eigenvalue weighted by atomic mass is 9.87. The van der Waals surface area contributed by atoms with E-state index in [0.717, 1.165) is 10.9 Å². The van der Waals surface area contributed by atoms with Gasteiger partial charge in [0.2, 0.25) is 0 Å². The molecule has 0 fully saturated rings. The van der Waals surface area contributed by atoms with Crippen LogP contribution in [0, 0.1) is 0 Å². The van der Waals surface area contributed by atoms with E-state index in [-0.39, 0.29) is 16.0 Å². The highest BCUT2D eigenvalue weighted by Crippen LogP contribution is 2.23. The number of rotatable bonds is 4. The molecule has 0 aliphatic heterocycles. The largest absolute Gasteiger partial charge is 0.284 e. The predicted molar refractivity (Wildman–Crippen MR) is 105 cm³/mol. The van der Waals surface area contributed by atoms with E-state index in [1.165, 1.54) is 12.1 Å². The molecule has 2 N–H and O–H groups in total. The number of nitrogens with one attached hydrogen (secondary N) is 2. The first-order valence-corrected chi connectivity index (χ1v) is 9.94. The molecule has 0 saturated carbocycles. The lowest BCUT2D eigenvalue weighted by Gasteiger charge is -2.19. The normalized spacial score (nSPS) is 12.1. The second-order valence-corrected chi connectivity index (χ2v) is 8.91. The summed E-state index contributed by atoms with van der Waals surface area (Å²) in [6.45, 7) is 6.14. The number of nitrogens with zero attached hydrogens (tertiary/aromatic N) is 1. The first-order valence-electron chi connectivity index (χ1n) is 8.45. The van der Waals surface area contributed by atoms with Gasteiger partial charge in [-0.1, -0.05) is 57.2 Å². The van der Waals surface area contributed by atoms with Crippen LogP contribution in [-0.4, -0.2) is 19.3 Å². The average Bonchev–Trinajstić information content (AvgIpc) is 2.65. The number of para-hydroxylation sites is 1. The molecule has 3 rings (SSSR count). The molecule has 0 spiro atoms. The quantitative estimate of drug-likeness (QED) is 0.678. The minimum atomic E-state index is -3.88. The minimum absolute atomic E-state index is 0.0715. The number of aromatic nitrogens is 1. The van der Waals surface area contributed by atoms with Crippen LogP contribution in [0.5, 0.6) is 0 Å². The fourth-order valence-corrected chi connectivity index (χ4v) is 3.40. The van der Waals surface area contributed by atoms with Crippen LogP contribution in [0.1, 0.15) is 36.8 Å². The Bertz CT molecular complexity index is 1090. The number of amides is 1. The van der Waals surface area contributed by atoms with Crippen LogP contribution >= 0.6 is 0 Å². The molecule has 1 aromatic heterocycles. The Hall–Kier alpha value is -2.77. The number of fused-ring (bicyclic) bond motifs is 1. The molecule has 140 valence electrons. The molecule has 0 saturated heterocycles. The van der Waals surface area contributed by atoms with Crippen molar-refractivity contribution in [2.45, 2.75) is 31.1 Å². The Labute approximate surface area is 158 Å². The van der Waals surface area contributed by atoms with Gasteiger partial charge in [-0.15, -0.1) is 4.83 Å². The van der Waals surface area contributed by atoms with E-state index >= 15 is 0 Å². The SMILES string of the molecule is CC(C)(C)c1ccc(S(=O)(=O)NNC(=O)c2ccc3ccccc3n2)cc1. The first kappa shape index (κ1) is 19.0. The molecule has 1 heterocycles. The fraction of sp³-hybridized carbons (Fsp3) is 0.200. The molecule has 6 nitrogen and oxygen atoms in total. The number of hydrazine groups is 1. The minimum Gasteiger partial charge on any atom is -0.272 e. The molecule has 2 aromatic carbocycles. The molecular formula is C20H21N3O3S. The molecule has 3 aromatic rings. The summed E-state index contributed by atoms with van der Waals surface area (Å²) in [5.41, 5.74) is 3.93. The Morgan fingerprint density at radius 1 is 0.926 bits per heavy atom. The van der Waals surface area contributed by atoms with E-state index in [1.54, 1.807) is 30.3 Å². The standard InChI is InChI=1S/C20H21N3O3S/c1-20(2,3)15-9-11-16(12-10-15)27(25,26)23-22-19(24)18-13-8-14-6-4-5-7-17(14)21-18/h4-13,23H,1-3H3,(H,22,24). The van der Waals surface area contributed by atoms with Crippen molar-refractivity contribution >= 4 is 26.8 Å². The van der Waals surface area contributed by atoms with Crippen LogP contribution in [0.4, 0.5) is 0 Å². The van der Waals surface area contributed by atoms with Crippen molar-refractivity contribution in [1.29, 1.82) is 0 Å². The molecule has 0 bridgehead atoms. The number of hydrogen-bond acceptors (Lipinski definition) is 4. The third-order valence-corrected chi connectivity index (χ3v) is 5.42. The summed E-state index contributed by atoms with van der Waals surface area (Å²) in [5, 5.41) is 0.897. The van der Waals surface area contributed by atoms with Gasteiger partial charge >= 0.3 is 0 Å². The monoisotopic (exact) mass is 383 g/mol. The maximum Gasteiger partial charge on any atom is 0.284 e. The number of benzene rings is 2. The van der Waals surface area contributed by atoms with Gasteiger partial charge in [-0.05, 0) is 35.2 Å². The van der Waals surface area contributed by atoms with Crippen LogP contribution < -0.4 is 10.3 Å². The predicted octanol–water partition coefficient (Wildman–Crippen LogP) is 3.16. The van der Waals surface area contributed by atoms with Gasteiger partial charge in [0.1, 0.15) is 5.69 Å². The third kappa shape index (κ3) is 4.32. The maximum atomic E-state index is 12.4. The van der Waals surface area contributed by atoms with Crippen molar-refractivity contribution in [3.05, 3.63) is 71.9 Å². The van der Waals surface area contributed by atoms with Crippen molar-refractivity contribution < 1.29 is 13.2 Å². The average molecular weight is 383 g/mol. The van der Waals surface area contributed by atoms with Crippen LogP contribution in [0.15, 0.2) is 65.6 Å². The van der Waals surface area contributed by atoms with Gasteiger partial charge in [0.15, 0.2) is 0 Å². The smallest absolute Gasteiger partial charge is 0.272 e. The zero-order valence-corrected chi connectivity index (χ0v) is 16.2. The Morgan fingerprint density at radius 3 is 2.26 bits per heavy atom. The van der Waals surface area contributed by atoms with Crippen LogP contribution in [-0.2, 0) is 15.4 Å². The van der Waals surface area contributed by atoms with Crippen molar-refractivity contribution in [1.82, 2.24) is 15.2 Å². The Balaban J connectivity index is 1.73. The summed E-state index contributed by atoms with van der Waals surface area (Å²) in [6.07, 6.45) is 0. The van der Waals surface area contributed by atoms with E-state index in [2.05, 4.69) is 15.2 Å². The van der Waals surface area contributed by atoms with E-state index in [0.29, 0.717) is 5.52 Å². The van der Waals surface area contributed by atoms with Gasteiger partial charge in [-0.25, -0.2) is 13.4 Å². The molecule has 0 aliphatic rings. The molecule has 7 heteroatoms. The summed E-state index contributed by atoms with van der Waals surface area (Å²) in [4.78, 5) is 18.7. The van der Waals surface area contributed by atoms with Gasteiger partial charge in [-0.3, -0.25) is 10.2 Å².